The third-order valence-corrected chi connectivity index (χ3v) is 4.66. The van der Waals surface area contributed by atoms with E-state index >= 15 is 0 Å². The molecule has 0 radical (unpaired) electrons. The predicted octanol–water partition coefficient (Wildman–Crippen LogP) is 7.14. The van der Waals surface area contributed by atoms with Crippen molar-refractivity contribution in [1.82, 2.24) is 0 Å². The smallest absolute Gasteiger partial charge is 0.0595 e. The molecule has 0 amide bonds. The van der Waals surface area contributed by atoms with Crippen LogP contribution in [0.5, 0.6) is 0 Å². The van der Waals surface area contributed by atoms with Crippen LogP contribution in [-0.4, -0.2) is 5.88 Å². The fourth-order valence-electron chi connectivity index (χ4n) is 2.52. The normalized spacial score (nSPS) is 11.8. The molecule has 3 heteroatoms. The highest BCUT2D eigenvalue weighted by molar-refractivity contribution is 6.42. The van der Waals surface area contributed by atoms with Crippen LogP contribution in [-0.2, 0) is 6.42 Å². The minimum atomic E-state index is 0.309. The molecule has 0 spiro atoms. The van der Waals surface area contributed by atoms with Crippen molar-refractivity contribution >= 4 is 34.8 Å². The van der Waals surface area contributed by atoms with Gasteiger partial charge in [-0.15, -0.1) is 11.6 Å². The Labute approximate surface area is 138 Å². The summed E-state index contributed by atoms with van der Waals surface area (Å²) < 4.78 is 0. The van der Waals surface area contributed by atoms with Crippen LogP contribution in [0.2, 0.25) is 10.0 Å². The molecule has 114 valence electrons. The van der Waals surface area contributed by atoms with Crippen LogP contribution in [0.4, 0.5) is 0 Å². The lowest BCUT2D eigenvalue weighted by Gasteiger charge is -2.25. The summed E-state index contributed by atoms with van der Waals surface area (Å²) in [6.07, 6.45) is 8.60. The Hall–Kier alpha value is 0.0900. The van der Waals surface area contributed by atoms with E-state index < -0.39 is 0 Å². The minimum Gasteiger partial charge on any atom is -0.127 e. The molecule has 0 bridgehead atoms. The van der Waals surface area contributed by atoms with Gasteiger partial charge in [0.05, 0.1) is 10.0 Å². The summed E-state index contributed by atoms with van der Waals surface area (Å²) in [6, 6.07) is 5.96. The molecule has 1 rings (SSSR count). The summed E-state index contributed by atoms with van der Waals surface area (Å²) in [4.78, 5) is 0. The van der Waals surface area contributed by atoms with E-state index in [1.165, 1.54) is 37.7 Å². The maximum Gasteiger partial charge on any atom is 0.0595 e. The number of rotatable bonds is 9. The molecule has 0 heterocycles. The molecule has 0 atom stereocenters. The van der Waals surface area contributed by atoms with Gasteiger partial charge >= 0.3 is 0 Å². The van der Waals surface area contributed by atoms with Gasteiger partial charge in [0.1, 0.15) is 0 Å². The van der Waals surface area contributed by atoms with Crippen LogP contribution in [0, 0.1) is 5.41 Å². The van der Waals surface area contributed by atoms with Crippen molar-refractivity contribution in [3.63, 3.8) is 0 Å². The number of hydrogen-bond acceptors (Lipinski definition) is 0. The molecular formula is C17H25Cl3. The lowest BCUT2D eigenvalue weighted by molar-refractivity contribution is 0.317. The summed E-state index contributed by atoms with van der Waals surface area (Å²) in [6.45, 7) is 4.66. The highest BCUT2D eigenvalue weighted by Crippen LogP contribution is 2.31. The lowest BCUT2D eigenvalue weighted by atomic mass is 9.81. The van der Waals surface area contributed by atoms with Crippen molar-refractivity contribution in [1.29, 1.82) is 0 Å². The van der Waals surface area contributed by atoms with Gasteiger partial charge in [-0.1, -0.05) is 68.8 Å². The molecule has 1 aromatic carbocycles. The van der Waals surface area contributed by atoms with Crippen LogP contribution >= 0.6 is 34.8 Å². The summed E-state index contributed by atoms with van der Waals surface area (Å²) in [7, 11) is 0. The van der Waals surface area contributed by atoms with Crippen LogP contribution in [0.15, 0.2) is 18.2 Å². The lowest BCUT2D eigenvalue weighted by Crippen LogP contribution is -2.15. The third-order valence-electron chi connectivity index (χ3n) is 3.65. The number of unbranched alkanes of at least 4 members (excludes halogenated alkanes) is 4. The summed E-state index contributed by atoms with van der Waals surface area (Å²) in [5.41, 5.74) is 1.58. The van der Waals surface area contributed by atoms with Gasteiger partial charge in [0.25, 0.3) is 0 Å². The second-order valence-electron chi connectivity index (χ2n) is 6.30. The average molecular weight is 336 g/mol. The van der Waals surface area contributed by atoms with Crippen molar-refractivity contribution in [2.45, 2.75) is 58.8 Å². The molecule has 0 unspecified atom stereocenters. The quantitative estimate of drug-likeness (QED) is 0.332. The molecule has 0 saturated carbocycles. The van der Waals surface area contributed by atoms with Gasteiger partial charge in [-0.25, -0.2) is 0 Å². The molecule has 0 nitrogen and oxygen atoms in total. The Bertz CT molecular complexity index is 399. The molecule has 0 saturated heterocycles. The number of alkyl halides is 1. The number of halogens is 3. The van der Waals surface area contributed by atoms with Crippen molar-refractivity contribution in [3.8, 4) is 0 Å². The van der Waals surface area contributed by atoms with E-state index in [1.54, 1.807) is 0 Å². The summed E-state index contributed by atoms with van der Waals surface area (Å²) in [5, 5.41) is 1.29. The minimum absolute atomic E-state index is 0.309. The van der Waals surface area contributed by atoms with E-state index in [-0.39, 0.29) is 0 Å². The highest BCUT2D eigenvalue weighted by atomic mass is 35.5. The molecule has 0 N–H and O–H groups in total. The number of benzene rings is 1. The SMILES string of the molecule is CC(C)(CCCCCCCCl)Cc1ccc(Cl)c(Cl)c1. The first-order valence-electron chi connectivity index (χ1n) is 7.44. The first kappa shape index (κ1) is 18.1. The largest absolute Gasteiger partial charge is 0.127 e. The van der Waals surface area contributed by atoms with Crippen molar-refractivity contribution in [2.75, 3.05) is 5.88 Å². The molecule has 0 aromatic heterocycles. The van der Waals surface area contributed by atoms with Gasteiger partial charge in [0, 0.05) is 5.88 Å². The third kappa shape index (κ3) is 7.20. The fraction of sp³-hybridized carbons (Fsp3) is 0.647. The van der Waals surface area contributed by atoms with Gasteiger partial charge in [-0.2, -0.15) is 0 Å². The van der Waals surface area contributed by atoms with Gasteiger partial charge in [-0.05, 0) is 42.4 Å². The molecule has 0 aliphatic rings. The van der Waals surface area contributed by atoms with Crippen molar-refractivity contribution in [2.24, 2.45) is 5.41 Å². The van der Waals surface area contributed by atoms with Crippen LogP contribution < -0.4 is 0 Å². The Morgan fingerprint density at radius 3 is 2.20 bits per heavy atom. The Morgan fingerprint density at radius 1 is 0.900 bits per heavy atom. The van der Waals surface area contributed by atoms with Crippen LogP contribution in [0.25, 0.3) is 0 Å². The topological polar surface area (TPSA) is 0 Å². The monoisotopic (exact) mass is 334 g/mol. The highest BCUT2D eigenvalue weighted by Gasteiger charge is 2.18. The van der Waals surface area contributed by atoms with Gasteiger partial charge in [0.2, 0.25) is 0 Å². The summed E-state index contributed by atoms with van der Waals surface area (Å²) in [5.74, 6) is 0.794. The van der Waals surface area contributed by atoms with E-state index in [1.807, 2.05) is 12.1 Å². The van der Waals surface area contributed by atoms with E-state index in [0.29, 0.717) is 15.5 Å². The number of hydrogen-bond donors (Lipinski definition) is 0. The first-order valence-corrected chi connectivity index (χ1v) is 8.73. The van der Waals surface area contributed by atoms with E-state index in [2.05, 4.69) is 19.9 Å². The maximum absolute atomic E-state index is 6.08. The van der Waals surface area contributed by atoms with Crippen LogP contribution in [0.1, 0.15) is 57.9 Å². The fourth-order valence-corrected chi connectivity index (χ4v) is 3.03. The van der Waals surface area contributed by atoms with E-state index in [4.69, 9.17) is 34.8 Å². The first-order chi connectivity index (χ1) is 9.44. The maximum atomic E-state index is 6.08. The van der Waals surface area contributed by atoms with Gasteiger partial charge in [0.15, 0.2) is 0 Å². The predicted molar refractivity (Wildman–Crippen MR) is 92.4 cm³/mol. The molecule has 1 aromatic rings. The molecular weight excluding hydrogens is 311 g/mol. The Morgan fingerprint density at radius 2 is 1.55 bits per heavy atom. The molecule has 0 aliphatic carbocycles. The van der Waals surface area contributed by atoms with Gasteiger partial charge in [-0.3, -0.25) is 0 Å². The summed E-state index contributed by atoms with van der Waals surface area (Å²) >= 11 is 17.7. The second kappa shape index (κ2) is 9.18. The molecule has 0 fully saturated rings. The van der Waals surface area contributed by atoms with E-state index in [9.17, 15) is 0 Å². The Kier molecular flexibility index (Phi) is 8.32. The van der Waals surface area contributed by atoms with E-state index in [0.717, 1.165) is 18.7 Å². The molecule has 0 aliphatic heterocycles. The zero-order valence-corrected chi connectivity index (χ0v) is 14.8. The zero-order chi connectivity index (χ0) is 15.0. The molecule has 20 heavy (non-hydrogen) atoms. The second-order valence-corrected chi connectivity index (χ2v) is 7.49. The van der Waals surface area contributed by atoms with Crippen molar-refractivity contribution in [3.05, 3.63) is 33.8 Å². The standard InChI is InChI=1S/C17H25Cl3/c1-17(2,10-6-4-3-5-7-11-18)13-14-8-9-15(19)16(20)12-14/h8-9,12H,3-7,10-11,13H2,1-2H3. The zero-order valence-electron chi connectivity index (χ0n) is 12.5. The van der Waals surface area contributed by atoms with Crippen LogP contribution in [0.3, 0.4) is 0 Å². The van der Waals surface area contributed by atoms with Crippen molar-refractivity contribution < 1.29 is 0 Å². The Balaban J connectivity index is 2.34. The van der Waals surface area contributed by atoms with Gasteiger partial charge < -0.3 is 0 Å². The average Bonchev–Trinajstić information content (AvgIpc) is 2.38.